The predicted octanol–water partition coefficient (Wildman–Crippen LogP) is 4.89. The summed E-state index contributed by atoms with van der Waals surface area (Å²) in [6.45, 7) is 1.93. The van der Waals surface area contributed by atoms with Crippen LogP contribution in [-0.2, 0) is 11.3 Å². The van der Waals surface area contributed by atoms with Gasteiger partial charge in [0.1, 0.15) is 12.4 Å². The van der Waals surface area contributed by atoms with Crippen LogP contribution < -0.4 is 4.74 Å². The van der Waals surface area contributed by atoms with Gasteiger partial charge < -0.3 is 9.47 Å². The van der Waals surface area contributed by atoms with Crippen molar-refractivity contribution in [3.8, 4) is 5.75 Å². The second-order valence-corrected chi connectivity index (χ2v) is 5.18. The Morgan fingerprint density at radius 3 is 2.41 bits per heavy atom. The van der Waals surface area contributed by atoms with Gasteiger partial charge in [-0.3, -0.25) is 0 Å². The van der Waals surface area contributed by atoms with Crippen LogP contribution in [0.2, 0.25) is 10.0 Å². The first kappa shape index (κ1) is 16.6. The van der Waals surface area contributed by atoms with Gasteiger partial charge in [0.05, 0.1) is 22.2 Å². The molecule has 0 heterocycles. The van der Waals surface area contributed by atoms with Gasteiger partial charge in [0, 0.05) is 5.56 Å². The van der Waals surface area contributed by atoms with E-state index in [0.717, 1.165) is 0 Å². The van der Waals surface area contributed by atoms with Gasteiger partial charge in [-0.1, -0.05) is 41.4 Å². The van der Waals surface area contributed by atoms with E-state index in [1.165, 1.54) is 18.2 Å². The molecule has 6 heteroatoms. The third-order valence-corrected chi connectivity index (χ3v) is 3.40. The van der Waals surface area contributed by atoms with Crippen molar-refractivity contribution < 1.29 is 18.7 Å². The Balaban J connectivity index is 2.18. The number of hydrogen-bond donors (Lipinski definition) is 0. The molecule has 0 amide bonds. The molecule has 0 saturated carbocycles. The van der Waals surface area contributed by atoms with Crippen molar-refractivity contribution in [2.75, 3.05) is 6.61 Å². The monoisotopic (exact) mass is 342 g/mol. The minimum atomic E-state index is -0.521. The minimum absolute atomic E-state index is 0.0229. The van der Waals surface area contributed by atoms with Gasteiger partial charge in [-0.05, 0) is 25.1 Å². The van der Waals surface area contributed by atoms with Crippen LogP contribution >= 0.6 is 23.2 Å². The quantitative estimate of drug-likeness (QED) is 0.725. The van der Waals surface area contributed by atoms with Gasteiger partial charge in [0.25, 0.3) is 0 Å². The fourth-order valence-corrected chi connectivity index (χ4v) is 2.39. The Hall–Kier alpha value is -1.78. The highest BCUT2D eigenvalue weighted by molar-refractivity contribution is 6.37. The molecule has 116 valence electrons. The highest BCUT2D eigenvalue weighted by atomic mass is 35.5. The second kappa shape index (κ2) is 7.47. The zero-order valence-electron chi connectivity index (χ0n) is 11.7. The third kappa shape index (κ3) is 3.90. The Morgan fingerprint density at radius 2 is 1.82 bits per heavy atom. The van der Waals surface area contributed by atoms with E-state index in [1.807, 2.05) is 0 Å². The first-order valence-corrected chi connectivity index (χ1v) is 7.31. The molecule has 0 atom stereocenters. The van der Waals surface area contributed by atoms with Crippen molar-refractivity contribution in [2.45, 2.75) is 13.5 Å². The predicted molar refractivity (Wildman–Crippen MR) is 83.2 cm³/mol. The van der Waals surface area contributed by atoms with Crippen molar-refractivity contribution in [1.29, 1.82) is 0 Å². The molecule has 0 N–H and O–H groups in total. The maximum atomic E-state index is 13.5. The van der Waals surface area contributed by atoms with E-state index in [2.05, 4.69) is 0 Å². The summed E-state index contributed by atoms with van der Waals surface area (Å²) < 4.78 is 23.9. The SMILES string of the molecule is CCOC(=O)c1cc(Cl)c(OCc2ccccc2F)c(Cl)c1. The van der Waals surface area contributed by atoms with Crippen molar-refractivity contribution in [1.82, 2.24) is 0 Å². The summed E-state index contributed by atoms with van der Waals surface area (Å²) in [7, 11) is 0. The van der Waals surface area contributed by atoms with E-state index in [-0.39, 0.29) is 40.4 Å². The first-order valence-electron chi connectivity index (χ1n) is 6.55. The van der Waals surface area contributed by atoms with Crippen LogP contribution in [0.1, 0.15) is 22.8 Å². The lowest BCUT2D eigenvalue weighted by Gasteiger charge is -2.12. The maximum Gasteiger partial charge on any atom is 0.338 e. The van der Waals surface area contributed by atoms with Crippen LogP contribution in [0.4, 0.5) is 4.39 Å². The Kier molecular flexibility index (Phi) is 5.63. The van der Waals surface area contributed by atoms with E-state index < -0.39 is 5.97 Å². The van der Waals surface area contributed by atoms with Crippen LogP contribution in [0.25, 0.3) is 0 Å². The zero-order chi connectivity index (χ0) is 16.1. The first-order chi connectivity index (χ1) is 10.5. The molecule has 22 heavy (non-hydrogen) atoms. The Labute approximate surface area is 137 Å². The minimum Gasteiger partial charge on any atom is -0.486 e. The fraction of sp³-hybridized carbons (Fsp3) is 0.188. The molecule has 0 unspecified atom stereocenters. The van der Waals surface area contributed by atoms with E-state index >= 15 is 0 Å². The molecule has 2 rings (SSSR count). The van der Waals surface area contributed by atoms with Gasteiger partial charge in [0.15, 0.2) is 5.75 Å². The third-order valence-electron chi connectivity index (χ3n) is 2.84. The summed E-state index contributed by atoms with van der Waals surface area (Å²) in [5.74, 6) is -0.704. The van der Waals surface area contributed by atoms with Crippen LogP contribution in [0.15, 0.2) is 36.4 Å². The lowest BCUT2D eigenvalue weighted by molar-refractivity contribution is 0.0526. The number of carbonyl (C=O) groups is 1. The van der Waals surface area contributed by atoms with Crippen molar-refractivity contribution in [3.63, 3.8) is 0 Å². The lowest BCUT2D eigenvalue weighted by Crippen LogP contribution is -2.05. The summed E-state index contributed by atoms with van der Waals surface area (Å²) in [6, 6.07) is 9.04. The summed E-state index contributed by atoms with van der Waals surface area (Å²) >= 11 is 12.1. The number of ether oxygens (including phenoxy) is 2. The molecule has 3 nitrogen and oxygen atoms in total. The van der Waals surface area contributed by atoms with Crippen LogP contribution in [0, 0.1) is 5.82 Å². The summed E-state index contributed by atoms with van der Waals surface area (Å²) in [4.78, 5) is 11.7. The van der Waals surface area contributed by atoms with Gasteiger partial charge in [-0.2, -0.15) is 0 Å². The van der Waals surface area contributed by atoms with Gasteiger partial charge in [0.2, 0.25) is 0 Å². The molecular formula is C16H13Cl2FO3. The molecule has 0 spiro atoms. The van der Waals surface area contributed by atoms with Crippen molar-refractivity contribution in [2.24, 2.45) is 0 Å². The van der Waals surface area contributed by atoms with E-state index in [1.54, 1.807) is 25.1 Å². The zero-order valence-corrected chi connectivity index (χ0v) is 13.2. The molecule has 0 radical (unpaired) electrons. The topological polar surface area (TPSA) is 35.5 Å². The Morgan fingerprint density at radius 1 is 1.18 bits per heavy atom. The van der Waals surface area contributed by atoms with Crippen molar-refractivity contribution >= 4 is 29.2 Å². The number of carbonyl (C=O) groups excluding carboxylic acids is 1. The number of hydrogen-bond acceptors (Lipinski definition) is 3. The number of benzene rings is 2. The summed E-state index contributed by atoms with van der Waals surface area (Å²) in [5.41, 5.74) is 0.610. The number of rotatable bonds is 5. The van der Waals surface area contributed by atoms with Gasteiger partial charge >= 0.3 is 5.97 Å². The van der Waals surface area contributed by atoms with Crippen molar-refractivity contribution in [3.05, 3.63) is 63.4 Å². The lowest BCUT2D eigenvalue weighted by atomic mass is 10.2. The standard InChI is InChI=1S/C16H13Cl2FO3/c1-2-21-16(20)11-7-12(17)15(13(18)8-11)22-9-10-5-3-4-6-14(10)19/h3-8H,2,9H2,1H3. The highest BCUT2D eigenvalue weighted by Gasteiger charge is 2.15. The second-order valence-electron chi connectivity index (χ2n) is 4.37. The highest BCUT2D eigenvalue weighted by Crippen LogP contribution is 2.35. The summed E-state index contributed by atoms with van der Waals surface area (Å²) in [6.07, 6.45) is 0. The van der Waals surface area contributed by atoms with Crippen LogP contribution in [0.5, 0.6) is 5.75 Å². The van der Waals surface area contributed by atoms with Crippen LogP contribution in [-0.4, -0.2) is 12.6 Å². The molecule has 0 aliphatic rings. The largest absolute Gasteiger partial charge is 0.486 e. The van der Waals surface area contributed by atoms with Gasteiger partial charge in [-0.25, -0.2) is 9.18 Å². The molecule has 0 fully saturated rings. The smallest absolute Gasteiger partial charge is 0.338 e. The van der Waals surface area contributed by atoms with Crippen LogP contribution in [0.3, 0.4) is 0 Å². The van der Waals surface area contributed by atoms with Gasteiger partial charge in [-0.15, -0.1) is 0 Å². The molecular weight excluding hydrogens is 330 g/mol. The number of esters is 1. The van der Waals surface area contributed by atoms with E-state index in [4.69, 9.17) is 32.7 Å². The maximum absolute atomic E-state index is 13.5. The fourth-order valence-electron chi connectivity index (χ4n) is 1.80. The summed E-state index contributed by atoms with van der Waals surface area (Å²) in [5, 5.41) is 0.318. The van der Waals surface area contributed by atoms with E-state index in [9.17, 15) is 9.18 Å². The average Bonchev–Trinajstić information content (AvgIpc) is 2.48. The Bertz CT molecular complexity index is 666. The molecule has 0 bridgehead atoms. The molecule has 0 aliphatic heterocycles. The average molecular weight is 343 g/mol. The molecule has 0 aliphatic carbocycles. The molecule has 0 saturated heterocycles. The normalized spacial score (nSPS) is 10.4. The molecule has 0 aromatic heterocycles. The molecule has 2 aromatic rings. The van der Waals surface area contributed by atoms with E-state index in [0.29, 0.717) is 5.56 Å². The number of halogens is 3. The molecule has 2 aromatic carbocycles.